The Labute approximate surface area is 296 Å². The second kappa shape index (κ2) is 16.3. The van der Waals surface area contributed by atoms with Crippen molar-refractivity contribution in [2.75, 3.05) is 24.4 Å². The second-order valence-electron chi connectivity index (χ2n) is 10.8. The first kappa shape index (κ1) is 38.1. The van der Waals surface area contributed by atoms with Crippen LogP contribution in [0, 0.1) is 18.2 Å². The molecule has 0 saturated carbocycles. The summed E-state index contributed by atoms with van der Waals surface area (Å²) in [6, 6.07) is 8.08. The summed E-state index contributed by atoms with van der Waals surface area (Å²) in [6.45, 7) is 1.63. The lowest BCUT2D eigenvalue weighted by atomic mass is 9.93. The molecule has 51 heavy (non-hydrogen) atoms. The van der Waals surface area contributed by atoms with Crippen molar-refractivity contribution in [2.45, 2.75) is 44.5 Å². The van der Waals surface area contributed by atoms with Gasteiger partial charge in [-0.1, -0.05) is 35.7 Å². The molecule has 3 aromatic rings. The Morgan fingerprint density at radius 2 is 1.65 bits per heavy atom. The molecule has 2 aromatic carbocycles. The second-order valence-corrected chi connectivity index (χ2v) is 13.0. The predicted octanol–water partition coefficient (Wildman–Crippen LogP) is 4.47. The molecule has 268 valence electrons. The Kier molecular flexibility index (Phi) is 12.2. The minimum absolute atomic E-state index is 0.0233. The summed E-state index contributed by atoms with van der Waals surface area (Å²) in [5.41, 5.74) is 0.664. The van der Waals surface area contributed by atoms with Gasteiger partial charge in [-0.25, -0.2) is 32.0 Å². The zero-order valence-corrected chi connectivity index (χ0v) is 28.9. The third kappa shape index (κ3) is 9.29. The van der Waals surface area contributed by atoms with Crippen LogP contribution in [0.4, 0.5) is 20.8 Å². The number of benzene rings is 2. The van der Waals surface area contributed by atoms with Gasteiger partial charge in [-0.3, -0.25) is 14.9 Å². The van der Waals surface area contributed by atoms with Crippen molar-refractivity contribution < 1.29 is 51.3 Å². The van der Waals surface area contributed by atoms with Crippen LogP contribution < -0.4 is 29.1 Å². The number of carbonyl (C=O) groups is 4. The Morgan fingerprint density at radius 1 is 1.06 bits per heavy atom. The van der Waals surface area contributed by atoms with E-state index in [0.717, 1.165) is 23.8 Å². The van der Waals surface area contributed by atoms with Crippen LogP contribution in [0.15, 0.2) is 53.6 Å². The van der Waals surface area contributed by atoms with E-state index in [1.807, 2.05) is 0 Å². The molecule has 1 aromatic heterocycles. The van der Waals surface area contributed by atoms with Gasteiger partial charge in [-0.2, -0.15) is 9.97 Å². The number of rotatable bonds is 10. The molecule has 1 aliphatic heterocycles. The fourth-order valence-electron chi connectivity index (χ4n) is 5.00. The number of aromatic carboxylic acids is 1. The number of amides is 4. The molecule has 2 heterocycles. The number of carboxylic acid groups (broad SMARTS) is 1. The van der Waals surface area contributed by atoms with Gasteiger partial charge in [0.25, 0.3) is 11.8 Å². The van der Waals surface area contributed by atoms with E-state index in [4.69, 9.17) is 37.3 Å². The number of carbonyl (C=O) groups excluding carboxylic acids is 3. The number of ether oxygens (including phenoxy) is 3. The smallest absolute Gasteiger partial charge is 0.335 e. The van der Waals surface area contributed by atoms with Gasteiger partial charge in [0.2, 0.25) is 27.7 Å². The van der Waals surface area contributed by atoms with Crippen molar-refractivity contribution in [3.63, 3.8) is 0 Å². The molecular formula is C33H31ClFN5O10S. The van der Waals surface area contributed by atoms with Gasteiger partial charge in [-0.05, 0) is 50.3 Å². The van der Waals surface area contributed by atoms with Crippen molar-refractivity contribution in [1.29, 1.82) is 0 Å². The van der Waals surface area contributed by atoms with E-state index in [9.17, 15) is 32.0 Å². The van der Waals surface area contributed by atoms with E-state index in [2.05, 4.69) is 21.2 Å². The molecule has 5 rings (SSSR count). The summed E-state index contributed by atoms with van der Waals surface area (Å²) < 4.78 is 55.8. The molecule has 0 fully saturated rings. The first-order valence-electron chi connectivity index (χ1n) is 15.0. The van der Waals surface area contributed by atoms with Crippen LogP contribution in [0.3, 0.4) is 0 Å². The zero-order valence-electron chi connectivity index (χ0n) is 27.4. The van der Waals surface area contributed by atoms with Crippen molar-refractivity contribution in [3.8, 4) is 29.9 Å². The van der Waals surface area contributed by atoms with Gasteiger partial charge < -0.3 is 19.3 Å². The Bertz CT molecular complexity index is 2020. The summed E-state index contributed by atoms with van der Waals surface area (Å²) in [4.78, 5) is 56.8. The van der Waals surface area contributed by atoms with E-state index >= 15 is 0 Å². The quantitative estimate of drug-likeness (QED) is 0.195. The van der Waals surface area contributed by atoms with E-state index in [-0.39, 0.29) is 45.3 Å². The molecule has 4 amide bonds. The number of urea groups is 1. The van der Waals surface area contributed by atoms with E-state index in [1.165, 1.54) is 50.6 Å². The van der Waals surface area contributed by atoms with E-state index in [1.54, 1.807) is 11.6 Å². The third-order valence-corrected chi connectivity index (χ3v) is 8.82. The summed E-state index contributed by atoms with van der Waals surface area (Å²) in [5, 5.41) is 11.3. The average molecular weight is 744 g/mol. The van der Waals surface area contributed by atoms with Gasteiger partial charge in [0.05, 0.1) is 42.3 Å². The SMILES string of the molecule is C#CC(C)Oc1cc(N2C(=O)C3=C(CCCC3)C2=O)c(F)cc1Cl.COc1cc(OC)nc(NC(=O)NS(=O)(=O)Cc2ccccc2C(=O)O)n1. The third-order valence-electron chi connectivity index (χ3n) is 7.34. The molecule has 0 saturated heterocycles. The summed E-state index contributed by atoms with van der Waals surface area (Å²) >= 11 is 5.97. The molecule has 2 aliphatic rings. The van der Waals surface area contributed by atoms with Gasteiger partial charge in [0.15, 0.2) is 6.10 Å². The molecule has 1 aliphatic carbocycles. The largest absolute Gasteiger partial charge is 0.481 e. The Balaban J connectivity index is 0.000000230. The highest BCUT2D eigenvalue weighted by atomic mass is 35.5. The normalized spacial score (nSPS) is 14.4. The number of hydrogen-bond donors (Lipinski definition) is 3. The number of halogens is 2. The van der Waals surface area contributed by atoms with Crippen molar-refractivity contribution in [2.24, 2.45) is 0 Å². The monoisotopic (exact) mass is 743 g/mol. The molecular weight excluding hydrogens is 713 g/mol. The van der Waals surface area contributed by atoms with Crippen LogP contribution in [0.5, 0.6) is 17.5 Å². The van der Waals surface area contributed by atoms with Crippen LogP contribution >= 0.6 is 11.6 Å². The van der Waals surface area contributed by atoms with Gasteiger partial charge in [0.1, 0.15) is 11.6 Å². The first-order valence-corrected chi connectivity index (χ1v) is 17.0. The maximum atomic E-state index is 14.4. The number of carboxylic acids is 1. The number of hydrogen-bond acceptors (Lipinski definition) is 11. The minimum atomic E-state index is -4.18. The summed E-state index contributed by atoms with van der Waals surface area (Å²) in [5.74, 6) is -1.23. The number of terminal acetylenes is 1. The van der Waals surface area contributed by atoms with Crippen LogP contribution in [-0.2, 0) is 25.4 Å². The topological polar surface area (TPSA) is 203 Å². The fraction of sp³-hybridized carbons (Fsp3) is 0.273. The van der Waals surface area contributed by atoms with Crippen LogP contribution in [0.2, 0.25) is 5.02 Å². The molecule has 3 N–H and O–H groups in total. The van der Waals surface area contributed by atoms with Gasteiger partial charge >= 0.3 is 12.0 Å². The highest BCUT2D eigenvalue weighted by molar-refractivity contribution is 7.89. The van der Waals surface area contributed by atoms with Crippen molar-refractivity contribution >= 4 is 57.1 Å². The number of nitrogens with one attached hydrogen (secondary N) is 2. The maximum Gasteiger partial charge on any atom is 0.335 e. The molecule has 0 bridgehead atoms. The number of aromatic nitrogens is 2. The van der Waals surface area contributed by atoms with Crippen molar-refractivity contribution in [3.05, 3.63) is 75.6 Å². The summed E-state index contributed by atoms with van der Waals surface area (Å²) in [6.07, 6.45) is 7.47. The van der Waals surface area contributed by atoms with E-state index < -0.39 is 51.5 Å². The lowest BCUT2D eigenvalue weighted by Crippen LogP contribution is -2.36. The molecule has 0 radical (unpaired) electrons. The lowest BCUT2D eigenvalue weighted by molar-refractivity contribution is -0.120. The van der Waals surface area contributed by atoms with Crippen molar-refractivity contribution in [1.82, 2.24) is 14.7 Å². The van der Waals surface area contributed by atoms with Crippen LogP contribution in [0.25, 0.3) is 0 Å². The number of imide groups is 1. The average Bonchev–Trinajstić information content (AvgIpc) is 3.34. The standard InChI is InChI=1S/C18H15ClFNO3.C15H16N4O7S/c1-3-10(2)24-16-9-15(14(20)8-13(16)19)21-17(22)11-6-4-5-7-12(11)18(21)23;1-25-11-7-12(26-2)17-14(16-11)18-15(22)19-27(23,24)8-9-5-3-4-6-10(9)13(20)21/h1,8-10H,4-7H2,2H3;3-7H,8H2,1-2H3,(H,20,21)(H2,16,17,18,19,22). The lowest BCUT2D eigenvalue weighted by Gasteiger charge is -2.19. The van der Waals surface area contributed by atoms with Crippen LogP contribution in [0.1, 0.15) is 48.5 Å². The first-order chi connectivity index (χ1) is 24.2. The highest BCUT2D eigenvalue weighted by Crippen LogP contribution is 2.39. The number of nitrogens with zero attached hydrogens (tertiary/aromatic N) is 3. The van der Waals surface area contributed by atoms with Crippen LogP contribution in [-0.4, -0.2) is 67.6 Å². The maximum absolute atomic E-state index is 14.4. The molecule has 0 spiro atoms. The summed E-state index contributed by atoms with van der Waals surface area (Å²) in [7, 11) is -1.50. The van der Waals surface area contributed by atoms with Gasteiger partial charge in [0, 0.05) is 17.2 Å². The zero-order chi connectivity index (χ0) is 37.5. The molecule has 1 atom stereocenters. The molecule has 18 heteroatoms. The molecule has 1 unspecified atom stereocenters. The molecule has 15 nitrogen and oxygen atoms in total. The Morgan fingerprint density at radius 3 is 2.20 bits per heavy atom. The number of methoxy groups -OCH3 is 2. The predicted molar refractivity (Wildman–Crippen MR) is 182 cm³/mol. The van der Waals surface area contributed by atoms with E-state index in [0.29, 0.717) is 24.0 Å². The minimum Gasteiger partial charge on any atom is -0.481 e. The highest BCUT2D eigenvalue weighted by Gasteiger charge is 2.41. The Hall–Kier alpha value is -5.73. The number of sulfonamides is 1. The fourth-order valence-corrected chi connectivity index (χ4v) is 6.26. The van der Waals surface area contributed by atoms with Gasteiger partial charge in [-0.15, -0.1) is 6.42 Å². The number of anilines is 2.